The zero-order valence-electron chi connectivity index (χ0n) is 13.7. The molecule has 0 atom stereocenters. The number of nitriles is 1. The lowest BCUT2D eigenvalue weighted by Gasteiger charge is -2.21. The third-order valence-corrected chi connectivity index (χ3v) is 4.32. The molecular formula is C17H17N3O3S. The van der Waals surface area contributed by atoms with Gasteiger partial charge >= 0.3 is 5.97 Å². The summed E-state index contributed by atoms with van der Waals surface area (Å²) in [5, 5.41) is 10.6. The Bertz CT molecular complexity index is 808. The molecule has 0 saturated heterocycles. The maximum absolute atomic E-state index is 12.5. The largest absolute Gasteiger partial charge is 0.456 e. The predicted molar refractivity (Wildman–Crippen MR) is 90.6 cm³/mol. The van der Waals surface area contributed by atoms with Crippen LogP contribution in [0.4, 0.5) is 5.00 Å². The van der Waals surface area contributed by atoms with E-state index in [0.717, 1.165) is 16.3 Å². The molecule has 124 valence electrons. The lowest BCUT2D eigenvalue weighted by atomic mass is 10.1. The van der Waals surface area contributed by atoms with E-state index in [2.05, 4.69) is 11.1 Å². The Morgan fingerprint density at radius 2 is 2.12 bits per heavy atom. The van der Waals surface area contributed by atoms with Crippen LogP contribution in [0.2, 0.25) is 0 Å². The molecule has 7 heteroatoms. The fourth-order valence-corrected chi connectivity index (χ4v) is 3.14. The highest BCUT2D eigenvalue weighted by Crippen LogP contribution is 2.29. The van der Waals surface area contributed by atoms with Gasteiger partial charge in [0.25, 0.3) is 5.91 Å². The van der Waals surface area contributed by atoms with Crippen LogP contribution in [0.15, 0.2) is 24.3 Å². The van der Waals surface area contributed by atoms with Crippen molar-refractivity contribution < 1.29 is 14.3 Å². The molecule has 1 aromatic carbocycles. The highest BCUT2D eigenvalue weighted by atomic mass is 32.1. The summed E-state index contributed by atoms with van der Waals surface area (Å²) >= 11 is 1.40. The fourth-order valence-electron chi connectivity index (χ4n) is 2.21. The fraction of sp³-hybridized carbons (Fsp3) is 0.294. The van der Waals surface area contributed by atoms with Crippen molar-refractivity contribution in [3.05, 3.63) is 46.1 Å². The van der Waals surface area contributed by atoms with Crippen molar-refractivity contribution in [2.75, 3.05) is 11.5 Å². The van der Waals surface area contributed by atoms with E-state index in [1.54, 1.807) is 23.1 Å². The van der Waals surface area contributed by atoms with Crippen LogP contribution in [0, 0.1) is 25.2 Å². The standard InChI is InChI=1S/C17H17N3O3S/c1-11-17(24-12(2)19-11)20(16(22)10-23-13(3)21)9-15-6-4-5-14(7-15)8-18/h4-7H,9-10H2,1-3H3. The molecule has 6 nitrogen and oxygen atoms in total. The number of aromatic nitrogens is 1. The van der Waals surface area contributed by atoms with Gasteiger partial charge in [-0.3, -0.25) is 14.5 Å². The zero-order chi connectivity index (χ0) is 17.7. The van der Waals surface area contributed by atoms with E-state index in [1.807, 2.05) is 19.9 Å². The van der Waals surface area contributed by atoms with Crippen molar-refractivity contribution in [3.8, 4) is 6.07 Å². The highest BCUT2D eigenvalue weighted by Gasteiger charge is 2.22. The summed E-state index contributed by atoms with van der Waals surface area (Å²) < 4.78 is 4.84. The Kier molecular flexibility index (Phi) is 5.66. The van der Waals surface area contributed by atoms with Crippen LogP contribution < -0.4 is 4.90 Å². The first kappa shape index (κ1) is 17.6. The van der Waals surface area contributed by atoms with E-state index >= 15 is 0 Å². The predicted octanol–water partition coefficient (Wildman–Crippen LogP) is 2.73. The summed E-state index contributed by atoms with van der Waals surface area (Å²) in [4.78, 5) is 29.4. The maximum atomic E-state index is 12.5. The lowest BCUT2D eigenvalue weighted by Crippen LogP contribution is -2.34. The van der Waals surface area contributed by atoms with Crippen molar-refractivity contribution in [3.63, 3.8) is 0 Å². The first-order chi connectivity index (χ1) is 11.4. The number of rotatable bonds is 5. The quantitative estimate of drug-likeness (QED) is 0.780. The van der Waals surface area contributed by atoms with E-state index < -0.39 is 5.97 Å². The van der Waals surface area contributed by atoms with Gasteiger partial charge in [-0.05, 0) is 31.5 Å². The van der Waals surface area contributed by atoms with Crippen LogP contribution in [-0.2, 0) is 20.9 Å². The van der Waals surface area contributed by atoms with E-state index in [0.29, 0.717) is 10.6 Å². The average Bonchev–Trinajstić information content (AvgIpc) is 2.88. The van der Waals surface area contributed by atoms with Crippen LogP contribution >= 0.6 is 11.3 Å². The van der Waals surface area contributed by atoms with E-state index in [-0.39, 0.29) is 19.1 Å². The Hall–Kier alpha value is -2.72. The summed E-state index contributed by atoms with van der Waals surface area (Å²) in [5.41, 5.74) is 2.08. The first-order valence-electron chi connectivity index (χ1n) is 7.27. The number of carbonyl (C=O) groups excluding carboxylic acids is 2. The first-order valence-corrected chi connectivity index (χ1v) is 8.09. The van der Waals surface area contributed by atoms with Gasteiger partial charge < -0.3 is 4.74 Å². The van der Waals surface area contributed by atoms with Gasteiger partial charge in [0.15, 0.2) is 6.61 Å². The number of carbonyl (C=O) groups is 2. The monoisotopic (exact) mass is 343 g/mol. The second kappa shape index (κ2) is 7.70. The number of hydrogen-bond acceptors (Lipinski definition) is 6. The van der Waals surface area contributed by atoms with Gasteiger partial charge in [0, 0.05) is 6.92 Å². The number of benzene rings is 1. The zero-order valence-corrected chi connectivity index (χ0v) is 14.5. The molecule has 2 aromatic rings. The van der Waals surface area contributed by atoms with Gasteiger partial charge in [0.1, 0.15) is 5.00 Å². The van der Waals surface area contributed by atoms with E-state index in [1.165, 1.54) is 18.3 Å². The summed E-state index contributed by atoms with van der Waals surface area (Å²) in [5.74, 6) is -0.841. The molecule has 0 saturated carbocycles. The van der Waals surface area contributed by atoms with Gasteiger partial charge in [-0.15, -0.1) is 11.3 Å². The number of esters is 1. The number of ether oxygens (including phenoxy) is 1. The topological polar surface area (TPSA) is 83.3 Å². The minimum Gasteiger partial charge on any atom is -0.456 e. The molecule has 0 spiro atoms. The molecule has 0 aliphatic heterocycles. The van der Waals surface area contributed by atoms with Crippen LogP contribution in [-0.4, -0.2) is 23.5 Å². The molecule has 1 amide bonds. The second-order valence-corrected chi connectivity index (χ2v) is 6.38. The third kappa shape index (κ3) is 4.40. The number of thiazole rings is 1. The van der Waals surface area contributed by atoms with Crippen molar-refractivity contribution in [2.45, 2.75) is 27.3 Å². The molecule has 0 radical (unpaired) electrons. The molecule has 0 fully saturated rings. The molecule has 24 heavy (non-hydrogen) atoms. The summed E-state index contributed by atoms with van der Waals surface area (Å²) in [6.07, 6.45) is 0. The normalized spacial score (nSPS) is 10.1. The van der Waals surface area contributed by atoms with Crippen LogP contribution in [0.3, 0.4) is 0 Å². The van der Waals surface area contributed by atoms with Crippen LogP contribution in [0.5, 0.6) is 0 Å². The third-order valence-electron chi connectivity index (χ3n) is 3.22. The van der Waals surface area contributed by atoms with Crippen molar-refractivity contribution in [2.24, 2.45) is 0 Å². The van der Waals surface area contributed by atoms with Gasteiger partial charge in [-0.25, -0.2) is 4.98 Å². The van der Waals surface area contributed by atoms with Gasteiger partial charge in [-0.2, -0.15) is 5.26 Å². The highest BCUT2D eigenvalue weighted by molar-refractivity contribution is 7.16. The van der Waals surface area contributed by atoms with Crippen molar-refractivity contribution >= 4 is 28.2 Å². The smallest absolute Gasteiger partial charge is 0.303 e. The molecular weight excluding hydrogens is 326 g/mol. The summed E-state index contributed by atoms with van der Waals surface area (Å²) in [7, 11) is 0. The molecule has 0 unspecified atom stereocenters. The molecule has 0 bridgehead atoms. The maximum Gasteiger partial charge on any atom is 0.303 e. The Labute approximate surface area is 144 Å². The summed E-state index contributed by atoms with van der Waals surface area (Å²) in [6, 6.07) is 9.13. The minimum absolute atomic E-state index is 0.276. The van der Waals surface area contributed by atoms with Gasteiger partial charge in [0.2, 0.25) is 0 Å². The molecule has 1 heterocycles. The van der Waals surface area contributed by atoms with E-state index in [4.69, 9.17) is 10.00 Å². The molecule has 1 aromatic heterocycles. The van der Waals surface area contributed by atoms with Crippen LogP contribution in [0.25, 0.3) is 0 Å². The van der Waals surface area contributed by atoms with E-state index in [9.17, 15) is 9.59 Å². The minimum atomic E-state index is -0.507. The van der Waals surface area contributed by atoms with Crippen molar-refractivity contribution in [1.82, 2.24) is 4.98 Å². The number of anilines is 1. The Balaban J connectivity index is 2.31. The van der Waals surface area contributed by atoms with Crippen molar-refractivity contribution in [1.29, 1.82) is 5.26 Å². The SMILES string of the molecule is CC(=O)OCC(=O)N(Cc1cccc(C#N)c1)c1sc(C)nc1C. The van der Waals surface area contributed by atoms with Gasteiger partial charge in [0.05, 0.1) is 28.9 Å². The second-order valence-electron chi connectivity index (χ2n) is 5.20. The molecule has 0 aliphatic rings. The van der Waals surface area contributed by atoms with Crippen LogP contribution in [0.1, 0.15) is 28.8 Å². The number of nitrogens with zero attached hydrogens (tertiary/aromatic N) is 3. The molecule has 0 aliphatic carbocycles. The number of amides is 1. The average molecular weight is 343 g/mol. The number of hydrogen-bond donors (Lipinski definition) is 0. The Morgan fingerprint density at radius 1 is 1.38 bits per heavy atom. The lowest BCUT2D eigenvalue weighted by molar-refractivity contribution is -0.145. The van der Waals surface area contributed by atoms with Gasteiger partial charge in [-0.1, -0.05) is 12.1 Å². The molecule has 2 rings (SSSR count). The number of aryl methyl sites for hydroxylation is 2. The molecule has 0 N–H and O–H groups in total. The Morgan fingerprint density at radius 3 is 2.71 bits per heavy atom. The summed E-state index contributed by atoms with van der Waals surface area (Å²) in [6.45, 7) is 4.90.